The second-order valence-electron chi connectivity index (χ2n) is 7.16. The van der Waals surface area contributed by atoms with Crippen LogP contribution in [0.3, 0.4) is 0 Å². The molecule has 4 nitrogen and oxygen atoms in total. The fourth-order valence-corrected chi connectivity index (χ4v) is 4.23. The molecule has 1 aromatic heterocycles. The first-order valence-electron chi connectivity index (χ1n) is 9.75. The third kappa shape index (κ3) is 4.33. The maximum Gasteiger partial charge on any atom is 0.298 e. The van der Waals surface area contributed by atoms with Gasteiger partial charge in [0.15, 0.2) is 5.13 Å². The van der Waals surface area contributed by atoms with Crippen molar-refractivity contribution < 1.29 is 4.79 Å². The van der Waals surface area contributed by atoms with Crippen LogP contribution < -0.4 is 4.90 Å². The summed E-state index contributed by atoms with van der Waals surface area (Å²) in [7, 11) is 0. The van der Waals surface area contributed by atoms with Gasteiger partial charge in [0.05, 0.1) is 5.69 Å². The number of amides is 1. The number of carbonyl (C=O) groups excluding carboxylic acids is 1. The molecule has 146 valence electrons. The first-order chi connectivity index (χ1) is 14.1. The van der Waals surface area contributed by atoms with Gasteiger partial charge in [-0.3, -0.25) is 4.79 Å². The average Bonchev–Trinajstić information content (AvgIpc) is 3.26. The van der Waals surface area contributed by atoms with Crippen molar-refractivity contribution in [3.05, 3.63) is 70.6 Å². The van der Waals surface area contributed by atoms with Gasteiger partial charge in [0, 0.05) is 48.6 Å². The second-order valence-corrected chi connectivity index (χ2v) is 7.99. The number of carbonyl (C=O) groups is 1. The molecule has 1 saturated heterocycles. The smallest absolute Gasteiger partial charge is 0.298 e. The molecule has 3 aromatic rings. The van der Waals surface area contributed by atoms with E-state index in [4.69, 9.17) is 4.98 Å². The predicted molar refractivity (Wildman–Crippen MR) is 119 cm³/mol. The molecular formula is C24H23N3OS. The molecule has 29 heavy (non-hydrogen) atoms. The van der Waals surface area contributed by atoms with E-state index in [0.29, 0.717) is 13.1 Å². The Morgan fingerprint density at radius 2 is 1.76 bits per heavy atom. The van der Waals surface area contributed by atoms with Crippen LogP contribution in [0.15, 0.2) is 53.9 Å². The second kappa shape index (κ2) is 8.50. The van der Waals surface area contributed by atoms with E-state index in [2.05, 4.69) is 47.2 Å². The first-order valence-corrected chi connectivity index (χ1v) is 10.6. The zero-order valence-corrected chi connectivity index (χ0v) is 17.5. The highest BCUT2D eigenvalue weighted by Gasteiger charge is 2.22. The Kier molecular flexibility index (Phi) is 5.64. The number of benzene rings is 2. The van der Waals surface area contributed by atoms with Crippen LogP contribution in [-0.2, 0) is 4.79 Å². The van der Waals surface area contributed by atoms with Gasteiger partial charge in [0.25, 0.3) is 5.91 Å². The maximum absolute atomic E-state index is 12.5. The summed E-state index contributed by atoms with van der Waals surface area (Å²) in [6, 6.07) is 16.2. The zero-order valence-electron chi connectivity index (χ0n) is 16.7. The fraction of sp³-hybridized carbons (Fsp3) is 0.250. The highest BCUT2D eigenvalue weighted by atomic mass is 32.1. The van der Waals surface area contributed by atoms with Gasteiger partial charge in [0.1, 0.15) is 0 Å². The molecule has 0 N–H and O–H groups in total. The highest BCUT2D eigenvalue weighted by molar-refractivity contribution is 7.14. The molecule has 4 rings (SSSR count). The minimum Gasteiger partial charge on any atom is -0.345 e. The molecule has 1 aliphatic heterocycles. The molecule has 2 aromatic carbocycles. The lowest BCUT2D eigenvalue weighted by atomic mass is 10.0. The van der Waals surface area contributed by atoms with E-state index in [1.165, 1.54) is 5.56 Å². The van der Waals surface area contributed by atoms with Gasteiger partial charge in [-0.15, -0.1) is 11.3 Å². The van der Waals surface area contributed by atoms with Crippen LogP contribution >= 0.6 is 11.3 Å². The third-order valence-corrected chi connectivity index (χ3v) is 6.21. The Hall–Kier alpha value is -3.10. The Morgan fingerprint density at radius 1 is 1.00 bits per heavy atom. The molecule has 0 unspecified atom stereocenters. The molecule has 0 aliphatic carbocycles. The van der Waals surface area contributed by atoms with E-state index in [0.717, 1.165) is 40.6 Å². The van der Waals surface area contributed by atoms with Crippen molar-refractivity contribution in [1.29, 1.82) is 0 Å². The largest absolute Gasteiger partial charge is 0.345 e. The number of aromatic nitrogens is 1. The number of piperazine rings is 1. The summed E-state index contributed by atoms with van der Waals surface area (Å²) in [5, 5.41) is 3.11. The number of aryl methyl sites for hydroxylation is 1. The van der Waals surface area contributed by atoms with Crippen molar-refractivity contribution in [3.63, 3.8) is 0 Å². The molecule has 0 bridgehead atoms. The molecule has 2 heterocycles. The molecule has 0 radical (unpaired) electrons. The van der Waals surface area contributed by atoms with E-state index in [1.807, 2.05) is 42.2 Å². The topological polar surface area (TPSA) is 36.4 Å². The minimum atomic E-state index is -0.102. The van der Waals surface area contributed by atoms with Gasteiger partial charge in [-0.05, 0) is 31.0 Å². The van der Waals surface area contributed by atoms with Crippen molar-refractivity contribution in [2.75, 3.05) is 31.1 Å². The van der Waals surface area contributed by atoms with Crippen LogP contribution in [0.4, 0.5) is 5.13 Å². The quantitative estimate of drug-likeness (QED) is 0.606. The van der Waals surface area contributed by atoms with E-state index in [1.54, 1.807) is 11.3 Å². The Labute approximate surface area is 175 Å². The van der Waals surface area contributed by atoms with Crippen molar-refractivity contribution >= 4 is 22.4 Å². The van der Waals surface area contributed by atoms with Gasteiger partial charge in [-0.1, -0.05) is 48.4 Å². The lowest BCUT2D eigenvalue weighted by Gasteiger charge is -2.33. The lowest BCUT2D eigenvalue weighted by molar-refractivity contribution is -0.125. The van der Waals surface area contributed by atoms with Crippen LogP contribution in [0.25, 0.3) is 11.3 Å². The van der Waals surface area contributed by atoms with Gasteiger partial charge >= 0.3 is 0 Å². The van der Waals surface area contributed by atoms with Crippen LogP contribution in [0.2, 0.25) is 0 Å². The summed E-state index contributed by atoms with van der Waals surface area (Å²) in [6.45, 7) is 6.99. The van der Waals surface area contributed by atoms with Crippen LogP contribution in [0.1, 0.15) is 16.7 Å². The summed E-state index contributed by atoms with van der Waals surface area (Å²) in [5.74, 6) is 5.77. The normalized spacial score (nSPS) is 13.7. The molecular weight excluding hydrogens is 378 g/mol. The minimum absolute atomic E-state index is 0.102. The number of thiazole rings is 1. The van der Waals surface area contributed by atoms with Crippen LogP contribution in [-0.4, -0.2) is 42.0 Å². The molecule has 0 saturated carbocycles. The van der Waals surface area contributed by atoms with Gasteiger partial charge in [-0.2, -0.15) is 0 Å². The fourth-order valence-electron chi connectivity index (χ4n) is 3.34. The van der Waals surface area contributed by atoms with Crippen LogP contribution in [0, 0.1) is 25.7 Å². The Bertz CT molecular complexity index is 1070. The van der Waals surface area contributed by atoms with E-state index in [9.17, 15) is 4.79 Å². The summed E-state index contributed by atoms with van der Waals surface area (Å²) in [5.41, 5.74) is 5.38. The number of hydrogen-bond donors (Lipinski definition) is 0. The van der Waals surface area contributed by atoms with Crippen molar-refractivity contribution in [2.24, 2.45) is 0 Å². The van der Waals surface area contributed by atoms with E-state index >= 15 is 0 Å². The maximum atomic E-state index is 12.5. The van der Waals surface area contributed by atoms with E-state index in [-0.39, 0.29) is 5.91 Å². The molecule has 0 spiro atoms. The lowest BCUT2D eigenvalue weighted by Crippen LogP contribution is -2.48. The van der Waals surface area contributed by atoms with Gasteiger partial charge in [-0.25, -0.2) is 4.98 Å². The standard InChI is InChI=1S/C24H23N3OS/c1-18-7-6-10-20(19(18)2)11-12-23(28)26-13-15-27(16-14-26)24-25-22(17-29-24)21-8-4-3-5-9-21/h3-10,17H,13-16H2,1-2H3. The van der Waals surface area contributed by atoms with Crippen molar-refractivity contribution in [2.45, 2.75) is 13.8 Å². The zero-order chi connectivity index (χ0) is 20.2. The SMILES string of the molecule is Cc1cccc(C#CC(=O)N2CCN(c3nc(-c4ccccc4)cs3)CC2)c1C. The Balaban J connectivity index is 1.37. The first kappa shape index (κ1) is 19.2. The summed E-state index contributed by atoms with van der Waals surface area (Å²) in [4.78, 5) is 21.4. The van der Waals surface area contributed by atoms with Crippen molar-refractivity contribution in [1.82, 2.24) is 9.88 Å². The molecule has 5 heteroatoms. The molecule has 1 fully saturated rings. The molecule has 1 aliphatic rings. The summed E-state index contributed by atoms with van der Waals surface area (Å²) >= 11 is 1.65. The Morgan fingerprint density at radius 3 is 2.52 bits per heavy atom. The predicted octanol–water partition coefficient (Wildman–Crippen LogP) is 4.13. The number of hydrogen-bond acceptors (Lipinski definition) is 4. The van der Waals surface area contributed by atoms with Crippen molar-refractivity contribution in [3.8, 4) is 23.1 Å². The van der Waals surface area contributed by atoms with Crippen LogP contribution in [0.5, 0.6) is 0 Å². The van der Waals surface area contributed by atoms with E-state index < -0.39 is 0 Å². The number of rotatable bonds is 2. The number of anilines is 1. The molecule has 0 atom stereocenters. The van der Waals surface area contributed by atoms with Gasteiger partial charge in [0.2, 0.25) is 0 Å². The third-order valence-electron chi connectivity index (χ3n) is 5.31. The molecule has 1 amide bonds. The highest BCUT2D eigenvalue weighted by Crippen LogP contribution is 2.27. The monoisotopic (exact) mass is 401 g/mol. The average molecular weight is 402 g/mol. The van der Waals surface area contributed by atoms with Gasteiger partial charge < -0.3 is 9.80 Å². The number of nitrogens with zero attached hydrogens (tertiary/aromatic N) is 3. The summed E-state index contributed by atoms with van der Waals surface area (Å²) < 4.78 is 0. The summed E-state index contributed by atoms with van der Waals surface area (Å²) in [6.07, 6.45) is 0.